The predicted octanol–water partition coefficient (Wildman–Crippen LogP) is 1.78. The monoisotopic (exact) mass is 519 g/mol. The van der Waals surface area contributed by atoms with Gasteiger partial charge in [0, 0.05) is 43.3 Å². The summed E-state index contributed by atoms with van der Waals surface area (Å²) in [4.78, 5) is 16.9. The Morgan fingerprint density at radius 1 is 1.14 bits per heavy atom. The van der Waals surface area contributed by atoms with Gasteiger partial charge in [-0.15, -0.1) is 0 Å². The van der Waals surface area contributed by atoms with Gasteiger partial charge < -0.3 is 24.4 Å². The van der Waals surface area contributed by atoms with E-state index in [9.17, 15) is 22.7 Å². The minimum Gasteiger partial charge on any atom is -0.487 e. The highest BCUT2D eigenvalue weighted by Crippen LogP contribution is 2.47. The van der Waals surface area contributed by atoms with Gasteiger partial charge in [-0.25, -0.2) is 12.8 Å². The number of amides is 1. The molecule has 9 nitrogen and oxygen atoms in total. The number of benzene rings is 2. The molecule has 2 N–H and O–H groups in total. The molecule has 0 unspecified atom stereocenters. The molecule has 0 aromatic heterocycles. The first-order valence-electron chi connectivity index (χ1n) is 12.0. The summed E-state index contributed by atoms with van der Waals surface area (Å²) in [5.74, 6) is -0.0502. The van der Waals surface area contributed by atoms with Crippen molar-refractivity contribution < 1.29 is 32.2 Å². The van der Waals surface area contributed by atoms with Gasteiger partial charge >= 0.3 is 0 Å². The van der Waals surface area contributed by atoms with Crippen molar-refractivity contribution in [2.45, 2.75) is 42.0 Å². The Balaban J connectivity index is 1.32. The summed E-state index contributed by atoms with van der Waals surface area (Å²) in [7, 11) is -1.88. The molecule has 0 aliphatic carbocycles. The molecule has 4 atom stereocenters. The number of hydrogen-bond acceptors (Lipinski definition) is 7. The zero-order valence-corrected chi connectivity index (χ0v) is 20.8. The molecule has 0 radical (unpaired) electrons. The predicted molar refractivity (Wildman–Crippen MR) is 130 cm³/mol. The molecule has 36 heavy (non-hydrogen) atoms. The average molecular weight is 520 g/mol. The van der Waals surface area contributed by atoms with Crippen molar-refractivity contribution in [1.29, 1.82) is 0 Å². The topological polar surface area (TPSA) is 108 Å². The molecule has 2 saturated heterocycles. The van der Waals surface area contributed by atoms with E-state index in [-0.39, 0.29) is 35.9 Å². The number of aliphatic hydroxyl groups is 1. The van der Waals surface area contributed by atoms with Crippen LogP contribution in [0.5, 0.6) is 5.75 Å². The van der Waals surface area contributed by atoms with Crippen LogP contribution in [0.3, 0.4) is 0 Å². The number of fused-ring (bicyclic) bond motifs is 3. The fourth-order valence-electron chi connectivity index (χ4n) is 5.16. The molecular formula is C25H30FN3O6S. The highest BCUT2D eigenvalue weighted by molar-refractivity contribution is 7.92. The number of hydrogen-bond donors (Lipinski definition) is 2. The van der Waals surface area contributed by atoms with Crippen LogP contribution in [0.1, 0.15) is 24.3 Å². The number of anilines is 1. The van der Waals surface area contributed by atoms with Gasteiger partial charge in [-0.2, -0.15) is 0 Å². The first-order valence-corrected chi connectivity index (χ1v) is 13.5. The summed E-state index contributed by atoms with van der Waals surface area (Å²) in [5, 5.41) is 9.98. The van der Waals surface area contributed by atoms with Gasteiger partial charge in [0.2, 0.25) is 5.91 Å². The number of carbonyl (C=O) groups excluding carboxylic acids is 1. The fraction of sp³-hybridized carbons (Fsp3) is 0.480. The van der Waals surface area contributed by atoms with Crippen molar-refractivity contribution in [3.63, 3.8) is 0 Å². The number of piperazine rings is 1. The second-order valence-corrected chi connectivity index (χ2v) is 11.3. The van der Waals surface area contributed by atoms with Crippen molar-refractivity contribution in [2.24, 2.45) is 0 Å². The lowest BCUT2D eigenvalue weighted by molar-refractivity contribution is -0.150. The number of aliphatic hydroxyl groups excluding tert-OH is 1. The number of nitrogens with one attached hydrogen (secondary N) is 1. The van der Waals surface area contributed by atoms with Crippen molar-refractivity contribution in [3.8, 4) is 5.75 Å². The van der Waals surface area contributed by atoms with Crippen molar-refractivity contribution >= 4 is 21.6 Å². The number of rotatable bonds is 6. The first kappa shape index (κ1) is 24.9. The molecule has 0 saturated carbocycles. The standard InChI is InChI=1S/C25H30FN3O6S/c1-28-8-10-29(11-9-28)24(31)14-18-13-21-20-12-17(4-7-22(20)35-25(21)23(15-30)34-18)27-36(32,33)19-5-2-16(26)3-6-19/h2-7,12,18,21,23,25,27,30H,8-11,13-15H2,1H3/t18-,21-,23+,25+/m1/s1. The maximum atomic E-state index is 13.2. The van der Waals surface area contributed by atoms with Gasteiger partial charge in [0.25, 0.3) is 10.0 Å². The third-order valence-corrected chi connectivity index (χ3v) is 8.53. The van der Waals surface area contributed by atoms with Crippen LogP contribution in [0.4, 0.5) is 10.1 Å². The summed E-state index contributed by atoms with van der Waals surface area (Å²) in [6, 6.07) is 9.61. The highest BCUT2D eigenvalue weighted by Gasteiger charge is 2.46. The van der Waals surface area contributed by atoms with Crippen LogP contribution in [0.25, 0.3) is 0 Å². The van der Waals surface area contributed by atoms with Gasteiger partial charge in [-0.05, 0) is 55.9 Å². The SMILES string of the molecule is CN1CCN(C(=O)C[C@H]2C[C@@H]3c4cc(NS(=O)(=O)c5ccc(F)cc5)ccc4O[C@@H]3[C@H](CO)O2)CC1. The number of sulfonamides is 1. The van der Waals surface area contributed by atoms with Crippen LogP contribution in [0, 0.1) is 5.82 Å². The maximum Gasteiger partial charge on any atom is 0.261 e. The Hall–Kier alpha value is -2.73. The van der Waals surface area contributed by atoms with E-state index in [0.717, 1.165) is 30.8 Å². The lowest BCUT2D eigenvalue weighted by atomic mass is 9.84. The Morgan fingerprint density at radius 2 is 1.86 bits per heavy atom. The molecule has 3 aliphatic rings. The van der Waals surface area contributed by atoms with E-state index in [0.29, 0.717) is 30.9 Å². The number of halogens is 1. The molecule has 0 spiro atoms. The van der Waals surface area contributed by atoms with Crippen LogP contribution >= 0.6 is 0 Å². The normalized spacial score (nSPS) is 26.1. The van der Waals surface area contributed by atoms with Gasteiger partial charge in [0.15, 0.2) is 0 Å². The third kappa shape index (κ3) is 5.06. The van der Waals surface area contributed by atoms with E-state index >= 15 is 0 Å². The molecule has 3 aliphatic heterocycles. The van der Waals surface area contributed by atoms with Crippen LogP contribution in [0.2, 0.25) is 0 Å². The van der Waals surface area contributed by atoms with Gasteiger partial charge in [-0.1, -0.05) is 0 Å². The van der Waals surface area contributed by atoms with Crippen LogP contribution < -0.4 is 9.46 Å². The van der Waals surface area contributed by atoms with E-state index in [1.807, 2.05) is 11.9 Å². The summed E-state index contributed by atoms with van der Waals surface area (Å²) in [6.07, 6.45) is -0.674. The van der Waals surface area contributed by atoms with E-state index in [4.69, 9.17) is 9.47 Å². The second-order valence-electron chi connectivity index (χ2n) is 9.60. The molecule has 11 heteroatoms. The van der Waals surface area contributed by atoms with Gasteiger partial charge in [-0.3, -0.25) is 9.52 Å². The number of carbonyl (C=O) groups is 1. The molecule has 5 rings (SSSR count). The number of ether oxygens (including phenoxy) is 2. The highest BCUT2D eigenvalue weighted by atomic mass is 32.2. The summed E-state index contributed by atoms with van der Waals surface area (Å²) >= 11 is 0. The van der Waals surface area contributed by atoms with Crippen molar-refractivity contribution in [1.82, 2.24) is 9.80 Å². The quantitative estimate of drug-likeness (QED) is 0.599. The van der Waals surface area contributed by atoms with Crippen molar-refractivity contribution in [3.05, 3.63) is 53.8 Å². The Kier molecular flexibility index (Phi) is 6.90. The van der Waals surface area contributed by atoms with Crippen LogP contribution in [0.15, 0.2) is 47.4 Å². The summed E-state index contributed by atoms with van der Waals surface area (Å²) < 4.78 is 53.5. The Labute approximate surface area is 209 Å². The number of likely N-dealkylation sites (N-methyl/N-ethyl adjacent to an activating group) is 1. The zero-order chi connectivity index (χ0) is 25.4. The lowest BCUT2D eigenvalue weighted by Gasteiger charge is -2.38. The third-order valence-electron chi connectivity index (χ3n) is 7.13. The Morgan fingerprint density at radius 3 is 2.56 bits per heavy atom. The van der Waals surface area contributed by atoms with Crippen LogP contribution in [-0.2, 0) is 19.6 Å². The molecule has 2 aromatic rings. The Bertz CT molecular complexity index is 1220. The first-order chi connectivity index (χ1) is 17.2. The second kappa shape index (κ2) is 9.97. The minimum absolute atomic E-state index is 0.0307. The van der Waals surface area contributed by atoms with E-state index in [2.05, 4.69) is 9.62 Å². The molecular weight excluding hydrogens is 489 g/mol. The zero-order valence-electron chi connectivity index (χ0n) is 20.0. The largest absolute Gasteiger partial charge is 0.487 e. The lowest BCUT2D eigenvalue weighted by Crippen LogP contribution is -2.50. The molecule has 0 bridgehead atoms. The smallest absolute Gasteiger partial charge is 0.261 e. The minimum atomic E-state index is -3.91. The molecule has 2 aromatic carbocycles. The van der Waals surface area contributed by atoms with Crippen LogP contribution in [-0.4, -0.2) is 87.4 Å². The summed E-state index contributed by atoms with van der Waals surface area (Å²) in [6.45, 7) is 2.78. The molecule has 2 fully saturated rings. The van der Waals surface area contributed by atoms with E-state index in [1.54, 1.807) is 18.2 Å². The molecule has 194 valence electrons. The van der Waals surface area contributed by atoms with Crippen molar-refractivity contribution in [2.75, 3.05) is 44.6 Å². The average Bonchev–Trinajstić information content (AvgIpc) is 3.22. The van der Waals surface area contributed by atoms with Gasteiger partial charge in [0.1, 0.15) is 23.8 Å². The summed E-state index contributed by atoms with van der Waals surface area (Å²) in [5.41, 5.74) is 1.15. The molecule has 3 heterocycles. The van der Waals surface area contributed by atoms with E-state index in [1.165, 1.54) is 12.1 Å². The van der Waals surface area contributed by atoms with Gasteiger partial charge in [0.05, 0.1) is 24.0 Å². The number of nitrogens with zero attached hydrogens (tertiary/aromatic N) is 2. The molecule has 1 amide bonds. The van der Waals surface area contributed by atoms with E-state index < -0.39 is 28.0 Å². The maximum absolute atomic E-state index is 13.2. The fourth-order valence-corrected chi connectivity index (χ4v) is 6.21.